The van der Waals surface area contributed by atoms with Gasteiger partial charge in [-0.05, 0) is 23.1 Å². The quantitative estimate of drug-likeness (QED) is 0.770. The van der Waals surface area contributed by atoms with E-state index in [4.69, 9.17) is 5.73 Å². The molecular formula is C12H16N4. The Morgan fingerprint density at radius 3 is 2.81 bits per heavy atom. The fourth-order valence-electron chi connectivity index (χ4n) is 1.80. The first kappa shape index (κ1) is 10.7. The van der Waals surface area contributed by atoms with Gasteiger partial charge in [0, 0.05) is 12.1 Å². The second-order valence-corrected chi connectivity index (χ2v) is 4.62. The van der Waals surface area contributed by atoms with E-state index in [1.807, 2.05) is 18.2 Å². The lowest BCUT2D eigenvalue weighted by atomic mass is 9.81. The Bertz CT molecular complexity index is 460. The molecule has 2 aromatic rings. The molecule has 0 radical (unpaired) electrons. The van der Waals surface area contributed by atoms with Crippen molar-refractivity contribution in [3.05, 3.63) is 42.0 Å². The number of H-pyrrole nitrogens is 1. The molecule has 2 rings (SSSR count). The number of aromatic amines is 1. The number of nitrogens with zero attached hydrogens (tertiary/aromatic N) is 2. The van der Waals surface area contributed by atoms with E-state index in [0.717, 1.165) is 17.9 Å². The van der Waals surface area contributed by atoms with Crippen LogP contribution in [0.1, 0.15) is 25.2 Å². The summed E-state index contributed by atoms with van der Waals surface area (Å²) in [5.74, 6) is 0.896. The number of hydrogen-bond donors (Lipinski definition) is 2. The summed E-state index contributed by atoms with van der Waals surface area (Å²) in [6.07, 6.45) is 2.35. The molecule has 0 saturated carbocycles. The molecule has 3 N–H and O–H groups in total. The van der Waals surface area contributed by atoms with Crippen molar-refractivity contribution in [1.82, 2.24) is 15.2 Å². The maximum Gasteiger partial charge on any atom is 0.137 e. The van der Waals surface area contributed by atoms with Crippen LogP contribution in [0.25, 0.3) is 0 Å². The third-order valence-corrected chi connectivity index (χ3v) is 2.74. The largest absolute Gasteiger partial charge is 0.399 e. The summed E-state index contributed by atoms with van der Waals surface area (Å²) in [7, 11) is 0. The molecule has 0 bridgehead atoms. The van der Waals surface area contributed by atoms with Crippen molar-refractivity contribution >= 4 is 5.69 Å². The SMILES string of the molecule is CC(C)(Cc1ncn[nH]1)c1cccc(N)c1. The molecule has 0 aliphatic rings. The van der Waals surface area contributed by atoms with Gasteiger partial charge in [0.05, 0.1) is 0 Å². The standard InChI is InChI=1S/C12H16N4/c1-12(2,7-11-14-8-15-16-11)9-4-3-5-10(13)6-9/h3-6,8H,7,13H2,1-2H3,(H,14,15,16). The fourth-order valence-corrected chi connectivity index (χ4v) is 1.80. The molecule has 4 nitrogen and oxygen atoms in total. The van der Waals surface area contributed by atoms with Crippen molar-refractivity contribution in [2.24, 2.45) is 0 Å². The Balaban J connectivity index is 2.24. The molecule has 16 heavy (non-hydrogen) atoms. The minimum Gasteiger partial charge on any atom is -0.399 e. The molecule has 0 unspecified atom stereocenters. The van der Waals surface area contributed by atoms with Crippen molar-refractivity contribution < 1.29 is 0 Å². The molecular weight excluding hydrogens is 200 g/mol. The highest BCUT2D eigenvalue weighted by Crippen LogP contribution is 2.27. The maximum atomic E-state index is 5.79. The van der Waals surface area contributed by atoms with Crippen LogP contribution >= 0.6 is 0 Å². The predicted molar refractivity (Wildman–Crippen MR) is 64.0 cm³/mol. The lowest BCUT2D eigenvalue weighted by molar-refractivity contribution is 0.508. The van der Waals surface area contributed by atoms with Crippen LogP contribution in [0.2, 0.25) is 0 Å². The minimum atomic E-state index is -0.00505. The summed E-state index contributed by atoms with van der Waals surface area (Å²) in [6.45, 7) is 4.34. The summed E-state index contributed by atoms with van der Waals surface area (Å²) in [5, 5.41) is 6.74. The Hall–Kier alpha value is -1.84. The van der Waals surface area contributed by atoms with E-state index in [1.165, 1.54) is 11.9 Å². The van der Waals surface area contributed by atoms with Gasteiger partial charge in [0.1, 0.15) is 12.2 Å². The molecule has 1 heterocycles. The van der Waals surface area contributed by atoms with E-state index in [1.54, 1.807) is 0 Å². The van der Waals surface area contributed by atoms with Crippen LogP contribution in [0.3, 0.4) is 0 Å². The summed E-state index contributed by atoms with van der Waals surface area (Å²) in [4.78, 5) is 4.15. The third kappa shape index (κ3) is 2.21. The first-order valence-electron chi connectivity index (χ1n) is 5.28. The highest BCUT2D eigenvalue weighted by Gasteiger charge is 2.22. The first-order chi connectivity index (χ1) is 7.58. The van der Waals surface area contributed by atoms with E-state index in [0.29, 0.717) is 0 Å². The van der Waals surface area contributed by atoms with Gasteiger partial charge >= 0.3 is 0 Å². The number of nitrogens with two attached hydrogens (primary N) is 1. The molecule has 4 heteroatoms. The number of nitrogens with one attached hydrogen (secondary N) is 1. The predicted octanol–water partition coefficient (Wildman–Crippen LogP) is 1.91. The van der Waals surface area contributed by atoms with Gasteiger partial charge in [-0.15, -0.1) is 0 Å². The van der Waals surface area contributed by atoms with Gasteiger partial charge in [0.25, 0.3) is 0 Å². The zero-order chi connectivity index (χ0) is 11.6. The second-order valence-electron chi connectivity index (χ2n) is 4.62. The molecule has 0 fully saturated rings. The van der Waals surface area contributed by atoms with Gasteiger partial charge < -0.3 is 5.73 Å². The third-order valence-electron chi connectivity index (χ3n) is 2.74. The summed E-state index contributed by atoms with van der Waals surface area (Å²) in [5.41, 5.74) is 7.79. The molecule has 0 saturated heterocycles. The van der Waals surface area contributed by atoms with Crippen LogP contribution in [-0.4, -0.2) is 15.2 Å². The molecule has 1 aromatic heterocycles. The van der Waals surface area contributed by atoms with Gasteiger partial charge in [-0.25, -0.2) is 4.98 Å². The van der Waals surface area contributed by atoms with E-state index in [9.17, 15) is 0 Å². The van der Waals surface area contributed by atoms with E-state index in [2.05, 4.69) is 35.1 Å². The minimum absolute atomic E-state index is 0.00505. The lowest BCUT2D eigenvalue weighted by Crippen LogP contribution is -2.21. The topological polar surface area (TPSA) is 67.6 Å². The average molecular weight is 216 g/mol. The number of nitrogen functional groups attached to an aromatic ring is 1. The Kier molecular flexibility index (Phi) is 2.64. The van der Waals surface area contributed by atoms with Gasteiger partial charge in [0.15, 0.2) is 0 Å². The number of anilines is 1. The highest BCUT2D eigenvalue weighted by molar-refractivity contribution is 5.43. The van der Waals surface area contributed by atoms with Crippen molar-refractivity contribution in [1.29, 1.82) is 0 Å². The first-order valence-corrected chi connectivity index (χ1v) is 5.28. The second kappa shape index (κ2) is 3.96. The van der Waals surface area contributed by atoms with Crippen LogP contribution in [-0.2, 0) is 11.8 Å². The van der Waals surface area contributed by atoms with Crippen LogP contribution < -0.4 is 5.73 Å². The maximum absolute atomic E-state index is 5.79. The van der Waals surface area contributed by atoms with Gasteiger partial charge in [-0.2, -0.15) is 5.10 Å². The summed E-state index contributed by atoms with van der Waals surface area (Å²) < 4.78 is 0. The Morgan fingerprint density at radius 2 is 2.19 bits per heavy atom. The summed E-state index contributed by atoms with van der Waals surface area (Å²) >= 11 is 0. The van der Waals surface area contributed by atoms with Crippen LogP contribution in [0.4, 0.5) is 5.69 Å². The van der Waals surface area contributed by atoms with Crippen molar-refractivity contribution in [3.63, 3.8) is 0 Å². The van der Waals surface area contributed by atoms with E-state index in [-0.39, 0.29) is 5.41 Å². The monoisotopic (exact) mass is 216 g/mol. The zero-order valence-electron chi connectivity index (χ0n) is 9.57. The Labute approximate surface area is 94.9 Å². The number of rotatable bonds is 3. The van der Waals surface area contributed by atoms with E-state index >= 15 is 0 Å². The van der Waals surface area contributed by atoms with Gasteiger partial charge in [-0.3, -0.25) is 5.10 Å². The van der Waals surface area contributed by atoms with Gasteiger partial charge in [-0.1, -0.05) is 26.0 Å². The smallest absolute Gasteiger partial charge is 0.137 e. The Morgan fingerprint density at radius 1 is 1.38 bits per heavy atom. The van der Waals surface area contributed by atoms with E-state index < -0.39 is 0 Å². The van der Waals surface area contributed by atoms with Crippen LogP contribution in [0, 0.1) is 0 Å². The molecule has 84 valence electrons. The molecule has 0 aliphatic carbocycles. The number of aromatic nitrogens is 3. The average Bonchev–Trinajstić information content (AvgIpc) is 2.70. The zero-order valence-corrected chi connectivity index (χ0v) is 9.57. The highest BCUT2D eigenvalue weighted by atomic mass is 15.2. The van der Waals surface area contributed by atoms with Crippen LogP contribution in [0.15, 0.2) is 30.6 Å². The molecule has 0 amide bonds. The molecule has 0 aliphatic heterocycles. The fraction of sp³-hybridized carbons (Fsp3) is 0.333. The number of hydrogen-bond acceptors (Lipinski definition) is 3. The van der Waals surface area contributed by atoms with Crippen molar-refractivity contribution in [2.75, 3.05) is 5.73 Å². The van der Waals surface area contributed by atoms with Crippen molar-refractivity contribution in [3.8, 4) is 0 Å². The molecule has 0 atom stereocenters. The summed E-state index contributed by atoms with van der Waals surface area (Å²) in [6, 6.07) is 7.98. The molecule has 1 aromatic carbocycles. The normalized spacial score (nSPS) is 11.6. The van der Waals surface area contributed by atoms with Crippen molar-refractivity contribution in [2.45, 2.75) is 25.7 Å². The lowest BCUT2D eigenvalue weighted by Gasteiger charge is -2.24. The number of benzene rings is 1. The molecule has 0 spiro atoms. The van der Waals surface area contributed by atoms with Gasteiger partial charge in [0.2, 0.25) is 0 Å². The van der Waals surface area contributed by atoms with Crippen LogP contribution in [0.5, 0.6) is 0 Å².